The van der Waals surface area contributed by atoms with Crippen LogP contribution in [0.5, 0.6) is 0 Å². The smallest absolute Gasteiger partial charge is 0.258 e. The second-order valence-electron chi connectivity index (χ2n) is 4.75. The highest BCUT2D eigenvalue weighted by atomic mass is 19.1. The summed E-state index contributed by atoms with van der Waals surface area (Å²) in [4.78, 5) is 14.3. The number of halogens is 1. The monoisotopic (exact) mass is 298 g/mol. The van der Waals surface area contributed by atoms with Crippen LogP contribution in [0, 0.1) is 22.9 Å². The molecule has 0 N–H and O–H groups in total. The predicted molar refractivity (Wildman–Crippen MR) is 78.1 cm³/mol. The standard InChI is InChI=1S/C15H11FN4O2/c1-10-2-4-11(5-3-10)15-17-9-18-19(15)12-6-7-13(16)14(8-12)20(21)22/h2-9H,1H3. The predicted octanol–water partition coefficient (Wildman–Crippen LogP) is 3.29. The van der Waals surface area contributed by atoms with Crippen LogP contribution in [0.25, 0.3) is 17.1 Å². The molecule has 0 aliphatic heterocycles. The lowest BCUT2D eigenvalue weighted by molar-refractivity contribution is -0.387. The van der Waals surface area contributed by atoms with Crippen molar-refractivity contribution < 1.29 is 9.31 Å². The molecular weight excluding hydrogens is 287 g/mol. The van der Waals surface area contributed by atoms with Crippen LogP contribution in [0.1, 0.15) is 5.56 Å². The SMILES string of the molecule is Cc1ccc(-c2ncnn2-c2ccc(F)c([N+](=O)[O-])c2)cc1. The van der Waals surface area contributed by atoms with Crippen molar-refractivity contribution in [1.82, 2.24) is 14.8 Å². The minimum absolute atomic E-state index is 0.376. The minimum atomic E-state index is -0.884. The van der Waals surface area contributed by atoms with Crippen LogP contribution in [0.4, 0.5) is 10.1 Å². The fraction of sp³-hybridized carbons (Fsp3) is 0.0667. The zero-order valence-electron chi connectivity index (χ0n) is 11.6. The van der Waals surface area contributed by atoms with Gasteiger partial charge in [-0.2, -0.15) is 9.49 Å². The highest BCUT2D eigenvalue weighted by Crippen LogP contribution is 2.24. The van der Waals surface area contributed by atoms with Gasteiger partial charge in [-0.15, -0.1) is 0 Å². The molecule has 0 radical (unpaired) electrons. The van der Waals surface area contributed by atoms with Crippen molar-refractivity contribution in [2.75, 3.05) is 0 Å². The molecule has 6 nitrogen and oxygen atoms in total. The number of hydrogen-bond donors (Lipinski definition) is 0. The van der Waals surface area contributed by atoms with Gasteiger partial charge >= 0.3 is 5.69 Å². The first kappa shape index (κ1) is 13.9. The normalized spacial score (nSPS) is 10.6. The largest absolute Gasteiger partial charge is 0.306 e. The summed E-state index contributed by atoms with van der Waals surface area (Å²) < 4.78 is 14.9. The molecular formula is C15H11FN4O2. The highest BCUT2D eigenvalue weighted by Gasteiger charge is 2.17. The summed E-state index contributed by atoms with van der Waals surface area (Å²) in [5, 5.41) is 14.9. The quantitative estimate of drug-likeness (QED) is 0.549. The fourth-order valence-corrected chi connectivity index (χ4v) is 2.10. The van der Waals surface area contributed by atoms with E-state index >= 15 is 0 Å². The molecule has 0 spiro atoms. The van der Waals surface area contributed by atoms with Crippen LogP contribution in [0.3, 0.4) is 0 Å². The molecule has 0 unspecified atom stereocenters. The Labute approximate surface area is 125 Å². The number of rotatable bonds is 3. The van der Waals surface area contributed by atoms with Crippen LogP contribution in [0.15, 0.2) is 48.8 Å². The van der Waals surface area contributed by atoms with Crippen molar-refractivity contribution in [3.05, 3.63) is 70.3 Å². The zero-order valence-corrected chi connectivity index (χ0v) is 11.6. The van der Waals surface area contributed by atoms with Crippen LogP contribution in [-0.4, -0.2) is 19.7 Å². The topological polar surface area (TPSA) is 73.8 Å². The molecule has 0 fully saturated rings. The minimum Gasteiger partial charge on any atom is -0.258 e. The number of aromatic nitrogens is 3. The molecule has 1 heterocycles. The summed E-state index contributed by atoms with van der Waals surface area (Å²) in [5.74, 6) is -0.355. The van der Waals surface area contributed by atoms with Crippen molar-refractivity contribution >= 4 is 5.69 Å². The first-order valence-electron chi connectivity index (χ1n) is 6.47. The maximum absolute atomic E-state index is 13.4. The molecule has 110 valence electrons. The van der Waals surface area contributed by atoms with Crippen LogP contribution >= 0.6 is 0 Å². The molecule has 3 aromatic rings. The van der Waals surface area contributed by atoms with Gasteiger partial charge in [0.05, 0.1) is 10.6 Å². The molecule has 0 bridgehead atoms. The Balaban J connectivity index is 2.11. The Bertz CT molecular complexity index is 843. The van der Waals surface area contributed by atoms with Gasteiger partial charge in [0.2, 0.25) is 5.82 Å². The Morgan fingerprint density at radius 3 is 2.59 bits per heavy atom. The Morgan fingerprint density at radius 2 is 1.91 bits per heavy atom. The maximum atomic E-state index is 13.4. The van der Waals surface area contributed by atoms with E-state index in [4.69, 9.17) is 0 Å². The van der Waals surface area contributed by atoms with E-state index in [9.17, 15) is 14.5 Å². The van der Waals surface area contributed by atoms with Gasteiger partial charge in [-0.3, -0.25) is 10.1 Å². The molecule has 0 amide bonds. The molecule has 0 saturated heterocycles. The third kappa shape index (κ3) is 2.44. The second-order valence-corrected chi connectivity index (χ2v) is 4.75. The molecule has 3 rings (SSSR count). The Morgan fingerprint density at radius 1 is 1.18 bits per heavy atom. The van der Waals surface area contributed by atoms with E-state index in [1.54, 1.807) is 0 Å². The van der Waals surface area contributed by atoms with E-state index in [1.165, 1.54) is 17.1 Å². The van der Waals surface area contributed by atoms with Crippen molar-refractivity contribution in [1.29, 1.82) is 0 Å². The number of nitro benzene ring substituents is 1. The van der Waals surface area contributed by atoms with E-state index < -0.39 is 16.4 Å². The molecule has 22 heavy (non-hydrogen) atoms. The molecule has 1 aromatic heterocycles. The van der Waals surface area contributed by atoms with E-state index in [0.717, 1.165) is 23.3 Å². The van der Waals surface area contributed by atoms with E-state index in [-0.39, 0.29) is 0 Å². The molecule has 0 saturated carbocycles. The van der Waals surface area contributed by atoms with Gasteiger partial charge in [-0.05, 0) is 19.1 Å². The highest BCUT2D eigenvalue weighted by molar-refractivity contribution is 5.59. The van der Waals surface area contributed by atoms with Gasteiger partial charge in [-0.1, -0.05) is 29.8 Å². The van der Waals surface area contributed by atoms with E-state index in [1.807, 2.05) is 31.2 Å². The molecule has 0 aliphatic carbocycles. The van der Waals surface area contributed by atoms with Gasteiger partial charge in [0.1, 0.15) is 6.33 Å². The average Bonchev–Trinajstić information content (AvgIpc) is 2.97. The second kappa shape index (κ2) is 5.36. The Kier molecular flexibility index (Phi) is 3.38. The number of hydrogen-bond acceptors (Lipinski definition) is 4. The van der Waals surface area contributed by atoms with Gasteiger partial charge < -0.3 is 0 Å². The number of nitro groups is 1. The van der Waals surface area contributed by atoms with Gasteiger partial charge in [0.15, 0.2) is 5.82 Å². The lowest BCUT2D eigenvalue weighted by Crippen LogP contribution is -2.02. The number of aryl methyl sites for hydroxylation is 1. The summed E-state index contributed by atoms with van der Waals surface area (Å²) >= 11 is 0. The Hall–Kier alpha value is -3.09. The molecule has 2 aromatic carbocycles. The summed E-state index contributed by atoms with van der Waals surface area (Å²) in [7, 11) is 0. The number of nitrogens with zero attached hydrogens (tertiary/aromatic N) is 4. The maximum Gasteiger partial charge on any atom is 0.306 e. The summed E-state index contributed by atoms with van der Waals surface area (Å²) in [5.41, 5.74) is 1.70. The third-order valence-corrected chi connectivity index (χ3v) is 3.23. The number of benzene rings is 2. The van der Waals surface area contributed by atoms with Crippen LogP contribution < -0.4 is 0 Å². The van der Waals surface area contributed by atoms with E-state index in [0.29, 0.717) is 11.5 Å². The van der Waals surface area contributed by atoms with Crippen molar-refractivity contribution in [3.8, 4) is 17.1 Å². The van der Waals surface area contributed by atoms with Crippen molar-refractivity contribution in [3.63, 3.8) is 0 Å². The van der Waals surface area contributed by atoms with Gasteiger partial charge in [0, 0.05) is 11.6 Å². The lowest BCUT2D eigenvalue weighted by atomic mass is 10.1. The molecule has 7 heteroatoms. The third-order valence-electron chi connectivity index (χ3n) is 3.23. The zero-order chi connectivity index (χ0) is 15.7. The van der Waals surface area contributed by atoms with Crippen molar-refractivity contribution in [2.45, 2.75) is 6.92 Å². The first-order chi connectivity index (χ1) is 10.6. The first-order valence-corrected chi connectivity index (χ1v) is 6.47. The van der Waals surface area contributed by atoms with Gasteiger partial charge in [-0.25, -0.2) is 9.67 Å². The average molecular weight is 298 g/mol. The molecule has 0 atom stereocenters. The molecule has 0 aliphatic rings. The summed E-state index contributed by atoms with van der Waals surface area (Å²) in [6.45, 7) is 1.97. The van der Waals surface area contributed by atoms with Crippen molar-refractivity contribution in [2.24, 2.45) is 0 Å². The van der Waals surface area contributed by atoms with Crippen LogP contribution in [-0.2, 0) is 0 Å². The summed E-state index contributed by atoms with van der Waals surface area (Å²) in [6, 6.07) is 11.2. The summed E-state index contributed by atoms with van der Waals surface area (Å²) in [6.07, 6.45) is 1.35. The lowest BCUT2D eigenvalue weighted by Gasteiger charge is -2.06. The van der Waals surface area contributed by atoms with Crippen LogP contribution in [0.2, 0.25) is 0 Å². The fourth-order valence-electron chi connectivity index (χ4n) is 2.10. The van der Waals surface area contributed by atoms with E-state index in [2.05, 4.69) is 10.1 Å². The van der Waals surface area contributed by atoms with Gasteiger partial charge in [0.25, 0.3) is 0 Å².